The number of halogens is 1. The maximum Gasteiger partial charge on any atom is 0.254 e. The van der Waals surface area contributed by atoms with E-state index in [4.69, 9.17) is 0 Å². The van der Waals surface area contributed by atoms with Crippen LogP contribution in [-0.2, 0) is 9.63 Å². The number of carbonyl (C=O) groups is 1. The maximum atomic E-state index is 12.3. The Hall–Kier alpha value is -0.640. The second kappa shape index (κ2) is 2.77. The lowest BCUT2D eigenvalue weighted by Gasteiger charge is -2.18. The highest BCUT2D eigenvalue weighted by Gasteiger charge is 2.51. The van der Waals surface area contributed by atoms with Crippen molar-refractivity contribution >= 4 is 5.91 Å². The van der Waals surface area contributed by atoms with Gasteiger partial charge in [0.05, 0.1) is 12.5 Å². The topological polar surface area (TPSA) is 29.5 Å². The third-order valence-electron chi connectivity index (χ3n) is 2.12. The molecule has 0 radical (unpaired) electrons. The first-order chi connectivity index (χ1) is 5.16. The van der Waals surface area contributed by atoms with E-state index in [0.717, 1.165) is 5.06 Å². The first-order valence-electron chi connectivity index (χ1n) is 3.54. The van der Waals surface area contributed by atoms with Crippen LogP contribution in [-0.4, -0.2) is 31.8 Å². The Balaban J connectivity index is 2.53. The Morgan fingerprint density at radius 2 is 2.27 bits per heavy atom. The van der Waals surface area contributed by atoms with E-state index in [2.05, 4.69) is 4.84 Å². The van der Waals surface area contributed by atoms with Crippen LogP contribution in [0, 0.1) is 5.41 Å². The molecule has 11 heavy (non-hydrogen) atoms. The zero-order valence-corrected chi connectivity index (χ0v) is 6.76. The van der Waals surface area contributed by atoms with Gasteiger partial charge in [0, 0.05) is 7.05 Å². The minimum Gasteiger partial charge on any atom is -0.275 e. The number of hydroxylamine groups is 2. The van der Waals surface area contributed by atoms with Crippen molar-refractivity contribution < 1.29 is 14.0 Å². The molecule has 1 aliphatic carbocycles. The van der Waals surface area contributed by atoms with Crippen LogP contribution in [0.1, 0.15) is 12.8 Å². The third-order valence-corrected chi connectivity index (χ3v) is 2.12. The molecule has 1 fully saturated rings. The molecular weight excluding hydrogens is 149 g/mol. The van der Waals surface area contributed by atoms with Gasteiger partial charge in [-0.3, -0.25) is 9.63 Å². The normalized spacial score (nSPS) is 19.5. The largest absolute Gasteiger partial charge is 0.275 e. The van der Waals surface area contributed by atoms with Gasteiger partial charge in [-0.15, -0.1) is 0 Å². The van der Waals surface area contributed by atoms with Crippen LogP contribution < -0.4 is 0 Å². The van der Waals surface area contributed by atoms with Crippen LogP contribution in [0.2, 0.25) is 0 Å². The Bertz CT molecular complexity index is 168. The number of alkyl halides is 1. The van der Waals surface area contributed by atoms with Gasteiger partial charge in [0.15, 0.2) is 0 Å². The molecule has 1 saturated carbocycles. The molecule has 4 heteroatoms. The second-order valence-corrected chi connectivity index (χ2v) is 2.90. The predicted octanol–water partition coefficient (Wildman–Crippen LogP) is 0.756. The number of carbonyl (C=O) groups excluding carboxylic acids is 1. The summed E-state index contributed by atoms with van der Waals surface area (Å²) in [5, 5.41) is 1.09. The van der Waals surface area contributed by atoms with Crippen molar-refractivity contribution in [1.29, 1.82) is 0 Å². The molecule has 3 nitrogen and oxygen atoms in total. The van der Waals surface area contributed by atoms with E-state index < -0.39 is 12.1 Å². The van der Waals surface area contributed by atoms with Gasteiger partial charge in [-0.05, 0) is 12.8 Å². The Morgan fingerprint density at radius 3 is 2.55 bits per heavy atom. The average Bonchev–Trinajstić information content (AvgIpc) is 2.82. The van der Waals surface area contributed by atoms with Gasteiger partial charge in [0.2, 0.25) is 0 Å². The van der Waals surface area contributed by atoms with E-state index in [9.17, 15) is 9.18 Å². The smallest absolute Gasteiger partial charge is 0.254 e. The maximum absolute atomic E-state index is 12.3. The lowest BCUT2D eigenvalue weighted by atomic mass is 10.1. The highest BCUT2D eigenvalue weighted by Crippen LogP contribution is 2.47. The fourth-order valence-corrected chi connectivity index (χ4v) is 0.972. The molecular formula is C7H12FNO2. The molecule has 0 aromatic heterocycles. The van der Waals surface area contributed by atoms with E-state index in [-0.39, 0.29) is 5.91 Å². The van der Waals surface area contributed by atoms with Crippen molar-refractivity contribution in [3.8, 4) is 0 Å². The van der Waals surface area contributed by atoms with E-state index in [1.165, 1.54) is 14.2 Å². The van der Waals surface area contributed by atoms with Crippen LogP contribution in [0.3, 0.4) is 0 Å². The molecule has 0 aromatic rings. The van der Waals surface area contributed by atoms with Crippen LogP contribution in [0.4, 0.5) is 4.39 Å². The van der Waals surface area contributed by atoms with Crippen molar-refractivity contribution in [2.45, 2.75) is 12.8 Å². The molecule has 64 valence electrons. The zero-order valence-electron chi connectivity index (χ0n) is 6.76. The average molecular weight is 161 g/mol. The summed E-state index contributed by atoms with van der Waals surface area (Å²) in [5.74, 6) is -0.248. The third kappa shape index (κ3) is 1.35. The van der Waals surface area contributed by atoms with Crippen LogP contribution in [0.25, 0.3) is 0 Å². The van der Waals surface area contributed by atoms with Crippen molar-refractivity contribution in [1.82, 2.24) is 5.06 Å². The Morgan fingerprint density at radius 1 is 1.73 bits per heavy atom. The SMILES string of the molecule is CON(C)C(=O)C1(CF)CC1. The van der Waals surface area contributed by atoms with E-state index >= 15 is 0 Å². The molecule has 0 unspecified atom stereocenters. The van der Waals surface area contributed by atoms with Crippen molar-refractivity contribution in [2.75, 3.05) is 20.8 Å². The molecule has 0 spiro atoms. The number of hydrogen-bond donors (Lipinski definition) is 0. The second-order valence-electron chi connectivity index (χ2n) is 2.90. The monoisotopic (exact) mass is 161 g/mol. The number of hydrogen-bond acceptors (Lipinski definition) is 2. The summed E-state index contributed by atoms with van der Waals surface area (Å²) >= 11 is 0. The molecule has 1 rings (SSSR count). The Labute approximate surface area is 65.1 Å². The first-order valence-corrected chi connectivity index (χ1v) is 3.54. The zero-order chi connectivity index (χ0) is 8.48. The molecule has 0 aliphatic heterocycles. The summed E-state index contributed by atoms with van der Waals surface area (Å²) in [6, 6.07) is 0. The van der Waals surface area contributed by atoms with Gasteiger partial charge >= 0.3 is 0 Å². The number of nitrogens with zero attached hydrogens (tertiary/aromatic N) is 1. The minimum atomic E-state index is -0.731. The van der Waals surface area contributed by atoms with Gasteiger partial charge in [-0.2, -0.15) is 0 Å². The molecule has 0 heterocycles. The van der Waals surface area contributed by atoms with Crippen LogP contribution in [0.5, 0.6) is 0 Å². The fraction of sp³-hybridized carbons (Fsp3) is 0.857. The summed E-state index contributed by atoms with van der Waals surface area (Å²) in [6.07, 6.45) is 1.30. The lowest BCUT2D eigenvalue weighted by molar-refractivity contribution is -0.175. The van der Waals surface area contributed by atoms with E-state index in [1.54, 1.807) is 0 Å². The summed E-state index contributed by atoms with van der Waals surface area (Å²) in [4.78, 5) is 15.9. The first kappa shape index (κ1) is 8.46. The van der Waals surface area contributed by atoms with Crippen molar-refractivity contribution in [3.05, 3.63) is 0 Å². The highest BCUT2D eigenvalue weighted by atomic mass is 19.1. The molecule has 0 saturated heterocycles. The molecule has 1 aliphatic rings. The fourth-order valence-electron chi connectivity index (χ4n) is 0.972. The molecule has 0 N–H and O–H groups in total. The summed E-state index contributed by atoms with van der Waals surface area (Å²) in [5.41, 5.74) is -0.731. The summed E-state index contributed by atoms with van der Waals surface area (Å²) in [6.45, 7) is -0.570. The molecule has 0 bridgehead atoms. The minimum absolute atomic E-state index is 0.248. The van der Waals surface area contributed by atoms with Crippen molar-refractivity contribution in [3.63, 3.8) is 0 Å². The molecule has 1 amide bonds. The lowest BCUT2D eigenvalue weighted by Crippen LogP contribution is -2.34. The van der Waals surface area contributed by atoms with Crippen LogP contribution in [0.15, 0.2) is 0 Å². The molecule has 0 aromatic carbocycles. The van der Waals surface area contributed by atoms with E-state index in [0.29, 0.717) is 12.8 Å². The van der Waals surface area contributed by atoms with E-state index in [1.807, 2.05) is 0 Å². The van der Waals surface area contributed by atoms with Crippen molar-refractivity contribution in [2.24, 2.45) is 5.41 Å². The quantitative estimate of drug-likeness (QED) is 0.572. The highest BCUT2D eigenvalue weighted by molar-refractivity contribution is 5.84. The van der Waals surface area contributed by atoms with Crippen LogP contribution >= 0.6 is 0 Å². The Kier molecular flexibility index (Phi) is 2.13. The van der Waals surface area contributed by atoms with Gasteiger partial charge in [0.25, 0.3) is 5.91 Å². The molecule has 0 atom stereocenters. The van der Waals surface area contributed by atoms with Gasteiger partial charge < -0.3 is 0 Å². The number of rotatable bonds is 3. The summed E-state index contributed by atoms with van der Waals surface area (Å²) in [7, 11) is 2.89. The van der Waals surface area contributed by atoms with Gasteiger partial charge in [-0.1, -0.05) is 0 Å². The van der Waals surface area contributed by atoms with Gasteiger partial charge in [-0.25, -0.2) is 9.45 Å². The van der Waals surface area contributed by atoms with Gasteiger partial charge in [0.1, 0.15) is 6.67 Å². The standard InChI is InChI=1S/C7H12FNO2/c1-9(11-2)6(10)7(5-8)3-4-7/h3-5H2,1-2H3. The number of amides is 1. The summed E-state index contributed by atoms with van der Waals surface area (Å²) < 4.78 is 12.3. The predicted molar refractivity (Wildman–Crippen MR) is 37.4 cm³/mol.